The molecular weight excluding hydrogens is 267 g/mol. The molecule has 2 nitrogen and oxygen atoms in total. The SMILES string of the molecule is CN1C(=O)[C@](F)(c2ccccc2F)c2cc(F)ccc21. The van der Waals surface area contributed by atoms with Crippen molar-refractivity contribution in [3.8, 4) is 0 Å². The van der Waals surface area contributed by atoms with Crippen molar-refractivity contribution in [1.29, 1.82) is 0 Å². The molecule has 2 aromatic rings. The minimum absolute atomic E-state index is 0.171. The molecule has 0 saturated carbocycles. The third-order valence-corrected chi connectivity index (χ3v) is 3.54. The number of alkyl halides is 1. The second-order valence-corrected chi connectivity index (χ2v) is 4.66. The smallest absolute Gasteiger partial charge is 0.274 e. The van der Waals surface area contributed by atoms with E-state index in [0.29, 0.717) is 0 Å². The predicted molar refractivity (Wildman–Crippen MR) is 68.1 cm³/mol. The molecule has 0 saturated heterocycles. The average molecular weight is 277 g/mol. The lowest BCUT2D eigenvalue weighted by molar-refractivity contribution is -0.126. The van der Waals surface area contributed by atoms with E-state index in [-0.39, 0.29) is 11.3 Å². The van der Waals surface area contributed by atoms with Gasteiger partial charge in [0.15, 0.2) is 0 Å². The van der Waals surface area contributed by atoms with Crippen molar-refractivity contribution in [3.63, 3.8) is 0 Å². The Morgan fingerprint density at radius 1 is 1.05 bits per heavy atom. The summed E-state index contributed by atoms with van der Waals surface area (Å²) in [6.45, 7) is 0. The largest absolute Gasteiger partial charge is 0.312 e. The Morgan fingerprint density at radius 2 is 1.75 bits per heavy atom. The molecule has 1 amide bonds. The zero-order chi connectivity index (χ0) is 14.5. The molecule has 0 aromatic heterocycles. The Balaban J connectivity index is 2.32. The molecule has 0 N–H and O–H groups in total. The highest BCUT2D eigenvalue weighted by Gasteiger charge is 2.53. The van der Waals surface area contributed by atoms with Crippen LogP contribution in [0.25, 0.3) is 0 Å². The lowest BCUT2D eigenvalue weighted by Crippen LogP contribution is -2.36. The third-order valence-electron chi connectivity index (χ3n) is 3.54. The van der Waals surface area contributed by atoms with Crippen LogP contribution in [0.15, 0.2) is 42.5 Å². The number of rotatable bonds is 1. The lowest BCUT2D eigenvalue weighted by Gasteiger charge is -2.20. The number of nitrogens with zero attached hydrogens (tertiary/aromatic N) is 1. The molecule has 1 aliphatic rings. The van der Waals surface area contributed by atoms with Crippen molar-refractivity contribution in [2.45, 2.75) is 5.67 Å². The number of hydrogen-bond donors (Lipinski definition) is 0. The molecule has 0 bridgehead atoms. The minimum Gasteiger partial charge on any atom is -0.312 e. The van der Waals surface area contributed by atoms with E-state index in [4.69, 9.17) is 0 Å². The molecule has 3 rings (SSSR count). The van der Waals surface area contributed by atoms with Gasteiger partial charge >= 0.3 is 0 Å². The first-order valence-corrected chi connectivity index (χ1v) is 5.98. The van der Waals surface area contributed by atoms with Gasteiger partial charge in [0.05, 0.1) is 5.69 Å². The van der Waals surface area contributed by atoms with Gasteiger partial charge in [0.2, 0.25) is 5.67 Å². The monoisotopic (exact) mass is 277 g/mol. The van der Waals surface area contributed by atoms with Crippen LogP contribution in [0, 0.1) is 11.6 Å². The van der Waals surface area contributed by atoms with E-state index in [1.54, 1.807) is 0 Å². The van der Waals surface area contributed by atoms with Crippen molar-refractivity contribution < 1.29 is 18.0 Å². The molecular formula is C15H10F3NO. The number of anilines is 1. The second-order valence-electron chi connectivity index (χ2n) is 4.66. The third kappa shape index (κ3) is 1.49. The Hall–Kier alpha value is -2.30. The Labute approximate surface area is 113 Å². The van der Waals surface area contributed by atoms with Crippen LogP contribution in [0.3, 0.4) is 0 Å². The summed E-state index contributed by atoms with van der Waals surface area (Å²) >= 11 is 0. The van der Waals surface area contributed by atoms with Gasteiger partial charge in [-0.15, -0.1) is 0 Å². The summed E-state index contributed by atoms with van der Waals surface area (Å²) in [5.74, 6) is -2.44. The van der Waals surface area contributed by atoms with Gasteiger partial charge in [-0.1, -0.05) is 18.2 Å². The molecule has 0 aliphatic carbocycles. The van der Waals surface area contributed by atoms with Crippen LogP contribution in [0.4, 0.5) is 18.9 Å². The number of benzene rings is 2. The van der Waals surface area contributed by atoms with Crippen molar-refractivity contribution in [3.05, 3.63) is 65.2 Å². The van der Waals surface area contributed by atoms with E-state index in [0.717, 1.165) is 23.1 Å². The maximum Gasteiger partial charge on any atom is 0.274 e. The summed E-state index contributed by atoms with van der Waals surface area (Å²) in [4.78, 5) is 13.3. The topological polar surface area (TPSA) is 20.3 Å². The molecule has 1 heterocycles. The van der Waals surface area contributed by atoms with E-state index >= 15 is 4.39 Å². The van der Waals surface area contributed by atoms with E-state index in [1.165, 1.54) is 31.3 Å². The van der Waals surface area contributed by atoms with Crippen molar-refractivity contribution in [2.24, 2.45) is 0 Å². The van der Waals surface area contributed by atoms with Gasteiger partial charge in [0.25, 0.3) is 5.91 Å². The number of halogens is 3. The number of hydrogen-bond acceptors (Lipinski definition) is 1. The first-order chi connectivity index (χ1) is 9.46. The van der Waals surface area contributed by atoms with Gasteiger partial charge in [0.1, 0.15) is 11.6 Å². The molecule has 102 valence electrons. The number of likely N-dealkylation sites (N-methyl/N-ethyl adjacent to an activating group) is 1. The van der Waals surface area contributed by atoms with Crippen LogP contribution in [0.5, 0.6) is 0 Å². The zero-order valence-electron chi connectivity index (χ0n) is 10.5. The molecule has 2 aromatic carbocycles. The molecule has 0 unspecified atom stereocenters. The highest BCUT2D eigenvalue weighted by molar-refractivity contribution is 6.08. The van der Waals surface area contributed by atoms with Gasteiger partial charge < -0.3 is 4.90 Å². The van der Waals surface area contributed by atoms with E-state index in [9.17, 15) is 13.6 Å². The number of carbonyl (C=O) groups is 1. The lowest BCUT2D eigenvalue weighted by atomic mass is 9.89. The zero-order valence-corrected chi connectivity index (χ0v) is 10.5. The molecule has 1 atom stereocenters. The summed E-state index contributed by atoms with van der Waals surface area (Å²) in [5, 5.41) is 0. The fraction of sp³-hybridized carbons (Fsp3) is 0.133. The summed E-state index contributed by atoms with van der Waals surface area (Å²) < 4.78 is 42.6. The molecule has 0 spiro atoms. The summed E-state index contributed by atoms with van der Waals surface area (Å²) in [6.07, 6.45) is 0. The Kier molecular flexibility index (Phi) is 2.61. The van der Waals surface area contributed by atoms with Gasteiger partial charge in [0, 0.05) is 18.2 Å². The quantitative estimate of drug-likeness (QED) is 0.784. The fourth-order valence-electron chi connectivity index (χ4n) is 2.53. The van der Waals surface area contributed by atoms with E-state index < -0.39 is 28.8 Å². The van der Waals surface area contributed by atoms with Crippen LogP contribution >= 0.6 is 0 Å². The van der Waals surface area contributed by atoms with Crippen LogP contribution in [-0.2, 0) is 10.5 Å². The van der Waals surface area contributed by atoms with Gasteiger partial charge in [-0.25, -0.2) is 13.2 Å². The molecule has 5 heteroatoms. The van der Waals surface area contributed by atoms with Gasteiger partial charge in [-0.05, 0) is 24.3 Å². The van der Waals surface area contributed by atoms with Gasteiger partial charge in [-0.2, -0.15) is 0 Å². The maximum atomic E-state index is 15.3. The predicted octanol–water partition coefficient (Wildman–Crippen LogP) is 3.15. The molecule has 1 aliphatic heterocycles. The first kappa shape index (κ1) is 12.7. The summed E-state index contributed by atoms with van der Waals surface area (Å²) in [5.41, 5.74) is -3.03. The number of fused-ring (bicyclic) bond motifs is 1. The van der Waals surface area contributed by atoms with Crippen molar-refractivity contribution in [2.75, 3.05) is 11.9 Å². The van der Waals surface area contributed by atoms with Crippen LogP contribution in [0.2, 0.25) is 0 Å². The summed E-state index contributed by atoms with van der Waals surface area (Å²) in [6, 6.07) is 8.48. The molecule has 0 fully saturated rings. The molecule has 0 radical (unpaired) electrons. The number of amides is 1. The van der Waals surface area contributed by atoms with Crippen LogP contribution in [0.1, 0.15) is 11.1 Å². The van der Waals surface area contributed by atoms with E-state index in [2.05, 4.69) is 0 Å². The Morgan fingerprint density at radius 3 is 2.45 bits per heavy atom. The van der Waals surface area contributed by atoms with Gasteiger partial charge in [-0.3, -0.25) is 4.79 Å². The first-order valence-electron chi connectivity index (χ1n) is 5.98. The maximum absolute atomic E-state index is 15.3. The minimum atomic E-state index is -2.70. The van der Waals surface area contributed by atoms with Crippen LogP contribution in [-0.4, -0.2) is 13.0 Å². The van der Waals surface area contributed by atoms with E-state index in [1.807, 2.05) is 0 Å². The fourth-order valence-corrected chi connectivity index (χ4v) is 2.53. The van der Waals surface area contributed by atoms with Crippen molar-refractivity contribution >= 4 is 11.6 Å². The Bertz CT molecular complexity index is 716. The number of carbonyl (C=O) groups excluding carboxylic acids is 1. The second kappa shape index (κ2) is 4.10. The summed E-state index contributed by atoms with van der Waals surface area (Å²) in [7, 11) is 1.38. The average Bonchev–Trinajstić information content (AvgIpc) is 2.62. The molecule has 20 heavy (non-hydrogen) atoms. The van der Waals surface area contributed by atoms with Crippen molar-refractivity contribution in [1.82, 2.24) is 0 Å². The van der Waals surface area contributed by atoms with Crippen LogP contribution < -0.4 is 4.90 Å². The normalized spacial score (nSPS) is 21.2. The standard InChI is InChI=1S/C15H10F3NO/c1-19-13-7-6-9(16)8-11(13)15(18,14(19)20)10-4-2-3-5-12(10)17/h2-8H,1H3/t15-/m0/s1. The highest BCUT2D eigenvalue weighted by atomic mass is 19.2. The highest BCUT2D eigenvalue weighted by Crippen LogP contribution is 2.47.